The number of nitrogens with one attached hydrogen (secondary N) is 2. The summed E-state index contributed by atoms with van der Waals surface area (Å²) in [6, 6.07) is 16.3. The molecule has 3 aliphatic heterocycles. The fourth-order valence-corrected chi connectivity index (χ4v) is 8.71. The van der Waals surface area contributed by atoms with E-state index >= 15 is 0 Å². The number of nitrogens with zero attached hydrogens (tertiary/aromatic N) is 6. The highest BCUT2D eigenvalue weighted by molar-refractivity contribution is 6.05. The highest BCUT2D eigenvalue weighted by Crippen LogP contribution is 2.55. The molecule has 1 aromatic heterocycles. The number of piperidine rings is 1. The average molecular weight is 705 g/mol. The molecule has 1 atom stereocenters. The van der Waals surface area contributed by atoms with E-state index in [0.29, 0.717) is 29.8 Å². The topological polar surface area (TPSA) is 161 Å². The number of anilines is 1. The van der Waals surface area contributed by atoms with Gasteiger partial charge in [0.15, 0.2) is 11.5 Å². The summed E-state index contributed by atoms with van der Waals surface area (Å²) in [5.74, 6) is 0.275. The van der Waals surface area contributed by atoms with Crippen molar-refractivity contribution in [2.45, 2.75) is 78.7 Å². The van der Waals surface area contributed by atoms with Gasteiger partial charge in [-0.1, -0.05) is 39.8 Å². The van der Waals surface area contributed by atoms with E-state index in [1.54, 1.807) is 17.0 Å². The Hall–Kier alpha value is -5.35. The second-order valence-electron chi connectivity index (χ2n) is 15.6. The lowest BCUT2D eigenvalue weighted by Crippen LogP contribution is -2.74. The van der Waals surface area contributed by atoms with Gasteiger partial charge in [-0.15, -0.1) is 10.2 Å². The Balaban J connectivity index is 0.907. The number of piperazine rings is 1. The lowest BCUT2D eigenvalue weighted by molar-refractivity contribution is -0.164. The number of nitriles is 1. The third kappa shape index (κ3) is 6.36. The summed E-state index contributed by atoms with van der Waals surface area (Å²) in [6.45, 7) is 14.4. The Bertz CT molecular complexity index is 1960. The van der Waals surface area contributed by atoms with Crippen LogP contribution in [0.4, 0.5) is 5.82 Å². The summed E-state index contributed by atoms with van der Waals surface area (Å²) in [7, 11) is 0. The van der Waals surface area contributed by atoms with E-state index in [-0.39, 0.29) is 52.8 Å². The van der Waals surface area contributed by atoms with Crippen LogP contribution in [-0.2, 0) is 22.7 Å². The van der Waals surface area contributed by atoms with E-state index in [2.05, 4.69) is 70.5 Å². The first-order valence-corrected chi connectivity index (χ1v) is 17.8. The Kier molecular flexibility index (Phi) is 8.99. The van der Waals surface area contributed by atoms with Gasteiger partial charge in [0.05, 0.1) is 11.6 Å². The van der Waals surface area contributed by atoms with Gasteiger partial charge in [0, 0.05) is 68.1 Å². The zero-order valence-electron chi connectivity index (χ0n) is 30.2. The zero-order chi connectivity index (χ0) is 36.9. The molecule has 1 saturated carbocycles. The van der Waals surface area contributed by atoms with Gasteiger partial charge in [0.25, 0.3) is 11.8 Å². The minimum absolute atomic E-state index is 0.160. The zero-order valence-corrected chi connectivity index (χ0v) is 30.2. The molecule has 2 N–H and O–H groups in total. The molecule has 3 aromatic rings. The van der Waals surface area contributed by atoms with Crippen LogP contribution in [-0.4, -0.2) is 88.0 Å². The second kappa shape index (κ2) is 13.3. The summed E-state index contributed by atoms with van der Waals surface area (Å²) in [5.41, 5.74) is 3.63. The third-order valence-electron chi connectivity index (χ3n) is 11.3. The molecule has 7 rings (SSSR count). The number of imide groups is 1. The van der Waals surface area contributed by atoms with Crippen LogP contribution in [0.5, 0.6) is 5.75 Å². The molecule has 1 aliphatic carbocycles. The fourth-order valence-electron chi connectivity index (χ4n) is 8.71. The molecule has 2 aromatic carbocycles. The number of carbonyl (C=O) groups is 4. The number of aryl methyl sites for hydroxylation is 1. The predicted molar refractivity (Wildman–Crippen MR) is 191 cm³/mol. The first-order valence-electron chi connectivity index (χ1n) is 17.8. The summed E-state index contributed by atoms with van der Waals surface area (Å²) >= 11 is 0. The molecule has 0 spiro atoms. The van der Waals surface area contributed by atoms with E-state index in [9.17, 15) is 24.4 Å². The smallest absolute Gasteiger partial charge is 0.272 e. The van der Waals surface area contributed by atoms with Crippen LogP contribution in [0.15, 0.2) is 48.5 Å². The molecule has 270 valence electrons. The third-order valence-corrected chi connectivity index (χ3v) is 11.3. The molecule has 4 aliphatic rings. The molecular formula is C39H44N8O5. The number of rotatable bonds is 8. The molecule has 1 unspecified atom stereocenters. The van der Waals surface area contributed by atoms with Crippen LogP contribution in [0.1, 0.15) is 83.6 Å². The average Bonchev–Trinajstić information content (AvgIpc) is 3.44. The number of amides is 4. The summed E-state index contributed by atoms with van der Waals surface area (Å²) < 4.78 is 6.42. The van der Waals surface area contributed by atoms with Gasteiger partial charge < -0.3 is 19.9 Å². The molecule has 0 radical (unpaired) electrons. The molecule has 4 heterocycles. The number of fused-ring (bicyclic) bond motifs is 1. The van der Waals surface area contributed by atoms with Crippen LogP contribution in [0.2, 0.25) is 0 Å². The second-order valence-corrected chi connectivity index (χ2v) is 15.6. The highest BCUT2D eigenvalue weighted by atomic mass is 16.5. The minimum atomic E-state index is -0.623. The molecule has 52 heavy (non-hydrogen) atoms. The lowest BCUT2D eigenvalue weighted by Gasteiger charge is -2.63. The first kappa shape index (κ1) is 35.1. The Labute approximate surface area is 303 Å². The van der Waals surface area contributed by atoms with E-state index in [4.69, 9.17) is 4.74 Å². The predicted octanol–water partition coefficient (Wildman–Crippen LogP) is 3.35. The van der Waals surface area contributed by atoms with Crippen molar-refractivity contribution in [2.75, 3.05) is 31.1 Å². The van der Waals surface area contributed by atoms with Crippen LogP contribution in [0.3, 0.4) is 0 Å². The van der Waals surface area contributed by atoms with Crippen molar-refractivity contribution in [3.8, 4) is 11.8 Å². The molecule has 0 bridgehead atoms. The maximum atomic E-state index is 13.4. The van der Waals surface area contributed by atoms with Crippen LogP contribution in [0, 0.1) is 29.1 Å². The molecule has 13 heteroatoms. The van der Waals surface area contributed by atoms with Crippen molar-refractivity contribution in [2.24, 2.45) is 10.8 Å². The van der Waals surface area contributed by atoms with Gasteiger partial charge in [-0.2, -0.15) is 5.26 Å². The quantitative estimate of drug-likeness (QED) is 0.333. The maximum absolute atomic E-state index is 13.4. The van der Waals surface area contributed by atoms with Gasteiger partial charge >= 0.3 is 0 Å². The molecule has 4 amide bonds. The highest BCUT2D eigenvalue weighted by Gasteiger charge is 2.64. The minimum Gasteiger partial charge on any atom is -0.489 e. The summed E-state index contributed by atoms with van der Waals surface area (Å²) in [4.78, 5) is 56.5. The number of carbonyl (C=O) groups excluding carboxylic acids is 4. The number of benzene rings is 2. The molecular weight excluding hydrogens is 660 g/mol. The Morgan fingerprint density at radius 3 is 2.40 bits per heavy atom. The molecule has 13 nitrogen and oxygen atoms in total. The number of ether oxygens (including phenoxy) is 1. The first-order chi connectivity index (χ1) is 24.8. The number of aromatic nitrogens is 2. The van der Waals surface area contributed by atoms with Gasteiger partial charge in [-0.3, -0.25) is 29.4 Å². The van der Waals surface area contributed by atoms with Crippen molar-refractivity contribution in [1.29, 1.82) is 5.26 Å². The SMILES string of the molecule is Cc1cc(OC2C(C)(C)C(NC(=O)c3ccc(N4CCN(Cc5ccc6c(c5)CN(C5CCC(=O)NC5=O)C6=O)CC4)nn3)C2(C)C)ccc1C#N. The van der Waals surface area contributed by atoms with Crippen LogP contribution < -0.4 is 20.3 Å². The van der Waals surface area contributed by atoms with Crippen LogP contribution >= 0.6 is 0 Å². The summed E-state index contributed by atoms with van der Waals surface area (Å²) in [5, 5.41) is 23.5. The monoisotopic (exact) mass is 704 g/mol. The summed E-state index contributed by atoms with van der Waals surface area (Å²) in [6.07, 6.45) is 0.417. The van der Waals surface area contributed by atoms with E-state index < -0.39 is 11.9 Å². The van der Waals surface area contributed by atoms with Gasteiger partial charge in [0.1, 0.15) is 17.9 Å². The van der Waals surface area contributed by atoms with Gasteiger partial charge in [-0.05, 0) is 66.4 Å². The fraction of sp³-hybridized carbons (Fsp3) is 0.462. The normalized spacial score (nSPS) is 23.7. The van der Waals surface area contributed by atoms with Crippen molar-refractivity contribution in [3.63, 3.8) is 0 Å². The van der Waals surface area contributed by atoms with E-state index in [1.807, 2.05) is 37.3 Å². The standard InChI is InChI=1S/C39H44N8O5/c1-23-18-27(8-7-25(23)20-40)52-37-38(2,3)36(39(37,4)5)42-33(49)29-10-12-31(44-43-29)46-16-14-45(15-17-46)21-24-6-9-28-26(19-24)22-47(35(28)51)30-11-13-32(48)41-34(30)50/h6-10,12,18-19,30,36-37H,11,13-17,21-22H2,1-5H3,(H,42,49)(H,41,48,50). The van der Waals surface area contributed by atoms with Crippen LogP contribution in [0.25, 0.3) is 0 Å². The van der Waals surface area contributed by atoms with Crippen molar-refractivity contribution >= 4 is 29.4 Å². The van der Waals surface area contributed by atoms with E-state index in [1.165, 1.54) is 0 Å². The Morgan fingerprint density at radius 1 is 1.00 bits per heavy atom. The largest absolute Gasteiger partial charge is 0.489 e. The molecule has 2 saturated heterocycles. The number of hydrogen-bond donors (Lipinski definition) is 2. The molecule has 3 fully saturated rings. The Morgan fingerprint density at radius 2 is 1.75 bits per heavy atom. The van der Waals surface area contributed by atoms with Gasteiger partial charge in [0.2, 0.25) is 11.8 Å². The van der Waals surface area contributed by atoms with Crippen molar-refractivity contribution in [1.82, 2.24) is 30.6 Å². The van der Waals surface area contributed by atoms with E-state index in [0.717, 1.165) is 55.2 Å². The maximum Gasteiger partial charge on any atom is 0.272 e. The van der Waals surface area contributed by atoms with Gasteiger partial charge in [-0.25, -0.2) is 0 Å². The van der Waals surface area contributed by atoms with Crippen molar-refractivity contribution in [3.05, 3.63) is 82.0 Å². The number of hydrogen-bond acceptors (Lipinski definition) is 10. The lowest BCUT2D eigenvalue weighted by atomic mass is 9.49. The van der Waals surface area contributed by atoms with Crippen molar-refractivity contribution < 1.29 is 23.9 Å².